The van der Waals surface area contributed by atoms with Crippen LogP contribution in [-0.4, -0.2) is 15.5 Å². The van der Waals surface area contributed by atoms with Crippen molar-refractivity contribution < 1.29 is 9.18 Å². The number of benzene rings is 2. The molecule has 2 aromatic carbocycles. The molecule has 3 rings (SSSR count). The van der Waals surface area contributed by atoms with E-state index >= 15 is 0 Å². The Morgan fingerprint density at radius 3 is 2.78 bits per heavy atom. The number of carbonyl (C=O) groups is 1. The summed E-state index contributed by atoms with van der Waals surface area (Å²) in [5, 5.41) is 2.84. The Morgan fingerprint density at radius 1 is 1.26 bits per heavy atom. The second-order valence-electron chi connectivity index (χ2n) is 5.46. The first-order valence-corrected chi connectivity index (χ1v) is 7.58. The summed E-state index contributed by atoms with van der Waals surface area (Å²) in [6, 6.07) is 12.1. The summed E-state index contributed by atoms with van der Waals surface area (Å²) in [6.07, 6.45) is 0.748. The minimum atomic E-state index is -0.311. The van der Waals surface area contributed by atoms with Gasteiger partial charge in [0.15, 0.2) is 0 Å². The molecular weight excluding hydrogens is 293 g/mol. The molecule has 0 fully saturated rings. The molecule has 1 aromatic heterocycles. The third kappa shape index (κ3) is 3.08. The van der Waals surface area contributed by atoms with E-state index in [0.717, 1.165) is 23.3 Å². The molecule has 0 aliphatic heterocycles. The second-order valence-corrected chi connectivity index (χ2v) is 5.46. The van der Waals surface area contributed by atoms with Crippen molar-refractivity contribution in [3.8, 4) is 0 Å². The zero-order valence-corrected chi connectivity index (χ0v) is 13.1. The van der Waals surface area contributed by atoms with E-state index in [1.807, 2.05) is 35.8 Å². The van der Waals surface area contributed by atoms with Crippen LogP contribution in [-0.2, 0) is 17.8 Å². The number of aryl methyl sites for hydroxylation is 2. The normalized spacial score (nSPS) is 10.9. The number of hydrogen-bond acceptors (Lipinski definition) is 2. The molecule has 0 spiro atoms. The van der Waals surface area contributed by atoms with Crippen LogP contribution in [0.15, 0.2) is 42.5 Å². The van der Waals surface area contributed by atoms with Crippen molar-refractivity contribution in [2.24, 2.45) is 0 Å². The van der Waals surface area contributed by atoms with Gasteiger partial charge in [-0.1, -0.05) is 19.1 Å². The van der Waals surface area contributed by atoms with E-state index in [4.69, 9.17) is 0 Å². The zero-order chi connectivity index (χ0) is 16.4. The Kier molecular flexibility index (Phi) is 4.10. The minimum absolute atomic E-state index is 0.155. The van der Waals surface area contributed by atoms with Crippen molar-refractivity contribution in [2.45, 2.75) is 26.8 Å². The summed E-state index contributed by atoms with van der Waals surface area (Å²) in [5.74, 6) is 0.407. The largest absolute Gasteiger partial charge is 0.324 e. The third-order valence-electron chi connectivity index (χ3n) is 3.81. The summed E-state index contributed by atoms with van der Waals surface area (Å²) in [5.41, 5.74) is 3.15. The molecule has 0 saturated heterocycles. The van der Waals surface area contributed by atoms with Gasteiger partial charge < -0.3 is 9.88 Å². The average molecular weight is 311 g/mol. The SMILES string of the molecule is CCc1nc2ccccc2n1CC(=O)Nc1ccc(F)cc1C. The van der Waals surface area contributed by atoms with Crippen LogP contribution in [0.2, 0.25) is 0 Å². The maximum absolute atomic E-state index is 13.1. The number of rotatable bonds is 4. The first-order chi connectivity index (χ1) is 11.1. The Balaban J connectivity index is 1.85. The van der Waals surface area contributed by atoms with Crippen molar-refractivity contribution in [1.82, 2.24) is 9.55 Å². The van der Waals surface area contributed by atoms with Crippen LogP contribution in [0, 0.1) is 12.7 Å². The fourth-order valence-electron chi connectivity index (χ4n) is 2.67. The highest BCUT2D eigenvalue weighted by molar-refractivity contribution is 5.92. The van der Waals surface area contributed by atoms with Crippen molar-refractivity contribution in [2.75, 3.05) is 5.32 Å². The van der Waals surface area contributed by atoms with E-state index in [0.29, 0.717) is 11.3 Å². The number of imidazole rings is 1. The van der Waals surface area contributed by atoms with E-state index in [1.165, 1.54) is 12.1 Å². The second kappa shape index (κ2) is 6.20. The number of nitrogens with one attached hydrogen (secondary N) is 1. The third-order valence-corrected chi connectivity index (χ3v) is 3.81. The van der Waals surface area contributed by atoms with Crippen LogP contribution < -0.4 is 5.32 Å². The molecule has 23 heavy (non-hydrogen) atoms. The molecule has 4 nitrogen and oxygen atoms in total. The van der Waals surface area contributed by atoms with Gasteiger partial charge in [-0.2, -0.15) is 0 Å². The smallest absolute Gasteiger partial charge is 0.244 e. The Bertz CT molecular complexity index is 870. The Labute approximate surface area is 134 Å². The highest BCUT2D eigenvalue weighted by Gasteiger charge is 2.13. The standard InChI is InChI=1S/C18H18FN3O/c1-3-17-20-15-6-4-5-7-16(15)22(17)11-18(23)21-14-9-8-13(19)10-12(14)2/h4-10H,3,11H2,1-2H3,(H,21,23). The minimum Gasteiger partial charge on any atom is -0.324 e. The van der Waals surface area contributed by atoms with Gasteiger partial charge in [-0.15, -0.1) is 0 Å². The van der Waals surface area contributed by atoms with Crippen molar-refractivity contribution in [3.63, 3.8) is 0 Å². The quantitative estimate of drug-likeness (QED) is 0.799. The summed E-state index contributed by atoms with van der Waals surface area (Å²) >= 11 is 0. The number of anilines is 1. The summed E-state index contributed by atoms with van der Waals surface area (Å²) in [6.45, 7) is 3.96. The summed E-state index contributed by atoms with van der Waals surface area (Å²) in [4.78, 5) is 16.9. The van der Waals surface area contributed by atoms with Gasteiger partial charge in [0.2, 0.25) is 5.91 Å². The lowest BCUT2D eigenvalue weighted by Crippen LogP contribution is -2.20. The van der Waals surface area contributed by atoms with Crippen LogP contribution in [0.4, 0.5) is 10.1 Å². The molecule has 0 bridgehead atoms. The molecule has 1 N–H and O–H groups in total. The average Bonchev–Trinajstić information content (AvgIpc) is 2.88. The maximum Gasteiger partial charge on any atom is 0.244 e. The monoisotopic (exact) mass is 311 g/mol. The van der Waals surface area contributed by atoms with Gasteiger partial charge in [0.05, 0.1) is 11.0 Å². The fraction of sp³-hybridized carbons (Fsp3) is 0.222. The number of amides is 1. The fourth-order valence-corrected chi connectivity index (χ4v) is 2.67. The number of nitrogens with zero attached hydrogens (tertiary/aromatic N) is 2. The van der Waals surface area contributed by atoms with Crippen molar-refractivity contribution in [3.05, 3.63) is 59.7 Å². The van der Waals surface area contributed by atoms with E-state index < -0.39 is 0 Å². The lowest BCUT2D eigenvalue weighted by molar-refractivity contribution is -0.116. The van der Waals surface area contributed by atoms with E-state index in [-0.39, 0.29) is 18.3 Å². The van der Waals surface area contributed by atoms with Crippen molar-refractivity contribution >= 4 is 22.6 Å². The van der Waals surface area contributed by atoms with Gasteiger partial charge in [0.1, 0.15) is 18.2 Å². The van der Waals surface area contributed by atoms with E-state index in [2.05, 4.69) is 10.3 Å². The molecule has 0 atom stereocenters. The Hall–Kier alpha value is -2.69. The molecule has 0 aliphatic rings. The number of para-hydroxylation sites is 2. The molecule has 5 heteroatoms. The summed E-state index contributed by atoms with van der Waals surface area (Å²) < 4.78 is 15.1. The molecule has 1 heterocycles. The molecular formula is C18H18FN3O. The van der Waals surface area contributed by atoms with Gasteiger partial charge in [-0.3, -0.25) is 4.79 Å². The summed E-state index contributed by atoms with van der Waals surface area (Å²) in [7, 11) is 0. The van der Waals surface area contributed by atoms with Gasteiger partial charge in [0, 0.05) is 12.1 Å². The number of carbonyl (C=O) groups excluding carboxylic acids is 1. The molecule has 0 radical (unpaired) electrons. The van der Waals surface area contributed by atoms with Crippen LogP contribution in [0.5, 0.6) is 0 Å². The van der Waals surface area contributed by atoms with E-state index in [1.54, 1.807) is 13.0 Å². The predicted octanol–water partition coefficient (Wildman–Crippen LogP) is 3.68. The van der Waals surface area contributed by atoms with Crippen LogP contribution in [0.25, 0.3) is 11.0 Å². The van der Waals surface area contributed by atoms with E-state index in [9.17, 15) is 9.18 Å². The van der Waals surface area contributed by atoms with Gasteiger partial charge >= 0.3 is 0 Å². The Morgan fingerprint density at radius 2 is 2.04 bits per heavy atom. The molecule has 3 aromatic rings. The topological polar surface area (TPSA) is 46.9 Å². The van der Waals surface area contributed by atoms with Gasteiger partial charge in [-0.25, -0.2) is 9.37 Å². The number of fused-ring (bicyclic) bond motifs is 1. The number of hydrogen-bond donors (Lipinski definition) is 1. The lowest BCUT2D eigenvalue weighted by Gasteiger charge is -2.11. The first-order valence-electron chi connectivity index (χ1n) is 7.58. The highest BCUT2D eigenvalue weighted by Crippen LogP contribution is 2.18. The molecule has 118 valence electrons. The molecule has 0 aliphatic carbocycles. The first kappa shape index (κ1) is 15.2. The van der Waals surface area contributed by atoms with Crippen molar-refractivity contribution in [1.29, 1.82) is 0 Å². The zero-order valence-electron chi connectivity index (χ0n) is 13.1. The highest BCUT2D eigenvalue weighted by atomic mass is 19.1. The van der Waals surface area contributed by atoms with Crippen LogP contribution >= 0.6 is 0 Å². The predicted molar refractivity (Wildman–Crippen MR) is 88.9 cm³/mol. The number of halogens is 1. The van der Waals surface area contributed by atoms with Gasteiger partial charge in [-0.05, 0) is 42.8 Å². The molecule has 0 saturated carbocycles. The molecule has 1 amide bonds. The maximum atomic E-state index is 13.1. The number of aromatic nitrogens is 2. The lowest BCUT2D eigenvalue weighted by atomic mass is 10.2. The van der Waals surface area contributed by atoms with Gasteiger partial charge in [0.25, 0.3) is 0 Å². The molecule has 0 unspecified atom stereocenters. The van der Waals surface area contributed by atoms with Crippen LogP contribution in [0.3, 0.4) is 0 Å². The van der Waals surface area contributed by atoms with Crippen LogP contribution in [0.1, 0.15) is 18.3 Å².